The van der Waals surface area contributed by atoms with Crippen LogP contribution in [0.2, 0.25) is 5.02 Å². The van der Waals surface area contributed by atoms with Crippen LogP contribution >= 0.6 is 22.9 Å². The minimum atomic E-state index is -0.189. The second kappa shape index (κ2) is 7.69. The molecule has 1 fully saturated rings. The van der Waals surface area contributed by atoms with E-state index in [9.17, 15) is 4.79 Å². The lowest BCUT2D eigenvalue weighted by Crippen LogP contribution is -2.46. The summed E-state index contributed by atoms with van der Waals surface area (Å²) in [7, 11) is 0. The van der Waals surface area contributed by atoms with Crippen molar-refractivity contribution < 1.29 is 4.79 Å². The fourth-order valence-electron chi connectivity index (χ4n) is 4.37. The van der Waals surface area contributed by atoms with E-state index in [0.717, 1.165) is 35.4 Å². The molecular weight excluding hydrogens is 416 g/mol. The summed E-state index contributed by atoms with van der Waals surface area (Å²) in [5.74, 6) is 0.104. The zero-order valence-corrected chi connectivity index (χ0v) is 18.1. The van der Waals surface area contributed by atoms with Crippen LogP contribution in [0.5, 0.6) is 0 Å². The van der Waals surface area contributed by atoms with E-state index in [1.807, 2.05) is 41.9 Å². The van der Waals surface area contributed by atoms with Gasteiger partial charge < -0.3 is 0 Å². The number of pyridine rings is 1. The lowest BCUT2D eigenvalue weighted by atomic mass is 9.56. The molecular formula is C23H21ClN4OS. The molecule has 2 aliphatic rings. The quantitative estimate of drug-likeness (QED) is 0.581. The fraction of sp³-hybridized carbons (Fsp3) is 0.304. The van der Waals surface area contributed by atoms with Crippen molar-refractivity contribution in [1.82, 2.24) is 15.3 Å². The number of aliphatic imine (C=N–C) groups is 1. The Hall–Kier alpha value is -2.41. The van der Waals surface area contributed by atoms with E-state index in [0.29, 0.717) is 17.3 Å². The van der Waals surface area contributed by atoms with E-state index in [2.05, 4.69) is 28.3 Å². The molecule has 0 bridgehead atoms. The summed E-state index contributed by atoms with van der Waals surface area (Å²) in [5.41, 5.74) is 6.04. The maximum Gasteiger partial charge on any atom is 0.185 e. The van der Waals surface area contributed by atoms with Gasteiger partial charge in [-0.2, -0.15) is 0 Å². The number of hydrogen-bond acceptors (Lipinski definition) is 6. The summed E-state index contributed by atoms with van der Waals surface area (Å²) in [6, 6.07) is 11.9. The largest absolute Gasteiger partial charge is 0.292 e. The molecule has 1 aliphatic carbocycles. The molecule has 1 aromatic carbocycles. The molecule has 0 radical (unpaired) electrons. The Labute approximate surface area is 184 Å². The number of carbonyl (C=O) groups is 1. The van der Waals surface area contributed by atoms with Gasteiger partial charge in [0.1, 0.15) is 11.9 Å². The third-order valence-corrected chi connectivity index (χ3v) is 7.18. The Morgan fingerprint density at radius 1 is 1.27 bits per heavy atom. The minimum absolute atomic E-state index is 0.0371. The van der Waals surface area contributed by atoms with Crippen LogP contribution in [0.4, 0.5) is 0 Å². The zero-order valence-electron chi connectivity index (χ0n) is 16.5. The van der Waals surface area contributed by atoms with Gasteiger partial charge in [-0.15, -0.1) is 11.3 Å². The number of nitrogens with one attached hydrogen (secondary N) is 1. The van der Waals surface area contributed by atoms with Gasteiger partial charge in [-0.05, 0) is 42.2 Å². The molecule has 3 aromatic rings. The van der Waals surface area contributed by atoms with Crippen LogP contribution < -0.4 is 5.32 Å². The Kier molecular flexibility index (Phi) is 5.01. The first-order valence-electron chi connectivity index (χ1n) is 9.99. The van der Waals surface area contributed by atoms with Crippen molar-refractivity contribution in [2.75, 3.05) is 6.54 Å². The molecule has 1 N–H and O–H groups in total. The van der Waals surface area contributed by atoms with Crippen LogP contribution in [0.3, 0.4) is 0 Å². The average molecular weight is 437 g/mol. The number of carbonyl (C=O) groups excluding carboxylic acids is 1. The van der Waals surface area contributed by atoms with Gasteiger partial charge in [0.2, 0.25) is 0 Å². The third-order valence-electron chi connectivity index (χ3n) is 6.35. The van der Waals surface area contributed by atoms with Crippen LogP contribution in [0.15, 0.2) is 58.5 Å². The van der Waals surface area contributed by atoms with Crippen molar-refractivity contribution in [2.45, 2.75) is 31.3 Å². The van der Waals surface area contributed by atoms with Gasteiger partial charge in [-0.1, -0.05) is 36.7 Å². The second-order valence-corrected chi connectivity index (χ2v) is 9.25. The van der Waals surface area contributed by atoms with Gasteiger partial charge in [0.15, 0.2) is 5.78 Å². The number of hydrogen-bond donors (Lipinski definition) is 1. The summed E-state index contributed by atoms with van der Waals surface area (Å²) in [5, 5.41) is 5.94. The van der Waals surface area contributed by atoms with E-state index < -0.39 is 0 Å². The lowest BCUT2D eigenvalue weighted by Gasteiger charge is -2.46. The Morgan fingerprint density at radius 2 is 2.17 bits per heavy atom. The predicted octanol–water partition coefficient (Wildman–Crippen LogP) is 4.83. The highest BCUT2D eigenvalue weighted by molar-refractivity contribution is 7.07. The second-order valence-electron chi connectivity index (χ2n) is 8.09. The fourth-order valence-corrected chi connectivity index (χ4v) is 5.11. The normalized spacial score (nSPS) is 25.6. The van der Waals surface area contributed by atoms with Gasteiger partial charge in [-0.3, -0.25) is 20.1 Å². The monoisotopic (exact) mass is 436 g/mol. The van der Waals surface area contributed by atoms with Gasteiger partial charge in [0.05, 0.1) is 16.9 Å². The summed E-state index contributed by atoms with van der Waals surface area (Å²) in [4.78, 5) is 26.5. The number of benzene rings is 1. The van der Waals surface area contributed by atoms with Crippen molar-refractivity contribution in [1.29, 1.82) is 0 Å². The number of aromatic nitrogens is 2. The average Bonchev–Trinajstić information content (AvgIpc) is 3.45. The first kappa shape index (κ1) is 19.5. The van der Waals surface area contributed by atoms with Crippen LogP contribution in [0.25, 0.3) is 0 Å². The van der Waals surface area contributed by atoms with E-state index in [-0.39, 0.29) is 23.3 Å². The van der Waals surface area contributed by atoms with Crippen molar-refractivity contribution in [3.8, 4) is 0 Å². The zero-order chi connectivity index (χ0) is 20.7. The molecule has 0 saturated heterocycles. The molecule has 2 aromatic heterocycles. The van der Waals surface area contributed by atoms with E-state index in [1.165, 1.54) is 11.3 Å². The SMILES string of the molecule is CC1(c2ccc(C3=NC(c4cccc(Cl)c4)NC3)nc2)CCC1C(=O)c1cscn1. The first-order chi connectivity index (χ1) is 14.5. The maximum absolute atomic E-state index is 12.8. The number of ketones is 1. The van der Waals surface area contributed by atoms with Crippen molar-refractivity contribution >= 4 is 34.4 Å². The molecule has 7 heteroatoms. The molecule has 0 spiro atoms. The maximum atomic E-state index is 12.8. The number of rotatable bonds is 5. The highest BCUT2D eigenvalue weighted by Gasteiger charge is 2.48. The van der Waals surface area contributed by atoms with Crippen molar-refractivity contribution in [3.63, 3.8) is 0 Å². The topological polar surface area (TPSA) is 67.2 Å². The van der Waals surface area contributed by atoms with Gasteiger partial charge in [0, 0.05) is 34.5 Å². The Morgan fingerprint density at radius 3 is 2.83 bits per heavy atom. The first-order valence-corrected chi connectivity index (χ1v) is 11.3. The number of nitrogens with zero attached hydrogens (tertiary/aromatic N) is 3. The molecule has 152 valence electrons. The number of Topliss-reactive ketones (excluding diaryl/α,β-unsaturated/α-hetero) is 1. The summed E-state index contributed by atoms with van der Waals surface area (Å²) < 4.78 is 0. The molecule has 5 rings (SSSR count). The van der Waals surface area contributed by atoms with Gasteiger partial charge >= 0.3 is 0 Å². The predicted molar refractivity (Wildman–Crippen MR) is 119 cm³/mol. The lowest BCUT2D eigenvalue weighted by molar-refractivity contribution is 0.0675. The Balaban J connectivity index is 1.35. The summed E-state index contributed by atoms with van der Waals surface area (Å²) in [6.45, 7) is 2.82. The van der Waals surface area contributed by atoms with Gasteiger partial charge in [0.25, 0.3) is 0 Å². The van der Waals surface area contributed by atoms with Crippen LogP contribution in [-0.2, 0) is 5.41 Å². The molecule has 1 saturated carbocycles. The van der Waals surface area contributed by atoms with E-state index in [4.69, 9.17) is 16.6 Å². The van der Waals surface area contributed by atoms with E-state index >= 15 is 0 Å². The highest BCUT2D eigenvalue weighted by Crippen LogP contribution is 2.49. The molecule has 1 aliphatic heterocycles. The number of halogens is 1. The van der Waals surface area contributed by atoms with Crippen LogP contribution in [-0.4, -0.2) is 28.0 Å². The van der Waals surface area contributed by atoms with Crippen molar-refractivity contribution in [2.24, 2.45) is 10.9 Å². The summed E-state index contributed by atoms with van der Waals surface area (Å²) in [6.07, 6.45) is 3.68. The van der Waals surface area contributed by atoms with Crippen molar-refractivity contribution in [3.05, 3.63) is 81.0 Å². The van der Waals surface area contributed by atoms with Crippen LogP contribution in [0.1, 0.15) is 53.2 Å². The third kappa shape index (κ3) is 3.39. The molecule has 3 unspecified atom stereocenters. The minimum Gasteiger partial charge on any atom is -0.292 e. The highest BCUT2D eigenvalue weighted by atomic mass is 35.5. The van der Waals surface area contributed by atoms with E-state index in [1.54, 1.807) is 5.51 Å². The van der Waals surface area contributed by atoms with Crippen LogP contribution in [0, 0.1) is 5.92 Å². The molecule has 5 nitrogen and oxygen atoms in total. The molecule has 3 heterocycles. The molecule has 0 amide bonds. The Bertz CT molecular complexity index is 1110. The summed E-state index contributed by atoms with van der Waals surface area (Å²) >= 11 is 7.57. The molecule has 30 heavy (non-hydrogen) atoms. The smallest absolute Gasteiger partial charge is 0.185 e. The molecule has 3 atom stereocenters. The number of thiazole rings is 1. The standard InChI is InChI=1S/C23H21ClN4OS/c1-23(8-7-17(23)21(29)20-12-30-13-27-20)15-5-6-18(25-10-15)19-11-26-22(28-19)14-3-2-4-16(24)9-14/h2-6,9-10,12-13,17,22,26H,7-8,11H2,1H3. The van der Waals surface area contributed by atoms with Gasteiger partial charge in [-0.25, -0.2) is 4.98 Å².